The number of ether oxygens (including phenoxy) is 4. The van der Waals surface area contributed by atoms with E-state index in [0.29, 0.717) is 43.1 Å². The molecule has 0 spiro atoms. The number of rotatable bonds is 5. The molecule has 1 fully saturated rings. The van der Waals surface area contributed by atoms with Crippen LogP contribution in [0.2, 0.25) is 0 Å². The van der Waals surface area contributed by atoms with E-state index in [1.54, 1.807) is 14.2 Å². The summed E-state index contributed by atoms with van der Waals surface area (Å²) in [6.45, 7) is 0. The van der Waals surface area contributed by atoms with Crippen molar-refractivity contribution in [1.82, 2.24) is 0 Å². The Morgan fingerprint density at radius 2 is 1.53 bits per heavy atom. The number of methoxy groups -OCH3 is 3. The predicted octanol–water partition coefficient (Wildman–Crippen LogP) is 5.26. The van der Waals surface area contributed by atoms with Crippen LogP contribution < -0.4 is 18.9 Å². The van der Waals surface area contributed by atoms with Crippen LogP contribution in [0, 0.1) is 0 Å². The molecule has 0 aromatic heterocycles. The zero-order chi connectivity index (χ0) is 24.3. The third kappa shape index (κ3) is 2.92. The lowest BCUT2D eigenvalue weighted by Gasteiger charge is -2.40. The number of halogens is 2. The number of hydrogen-bond acceptors (Lipinski definition) is 6. The predicted molar refractivity (Wildman–Crippen MR) is 134 cm³/mol. The Hall–Kier alpha value is -2.26. The van der Waals surface area contributed by atoms with Crippen LogP contribution in [0.3, 0.4) is 0 Å². The fourth-order valence-corrected chi connectivity index (χ4v) is 7.17. The van der Waals surface area contributed by atoms with E-state index in [4.69, 9.17) is 18.9 Å². The first kappa shape index (κ1) is 23.5. The molecule has 1 saturated carbocycles. The van der Waals surface area contributed by atoms with Gasteiger partial charge in [0.25, 0.3) is 0 Å². The molecule has 4 atom stereocenters. The van der Waals surface area contributed by atoms with Gasteiger partial charge in [0.2, 0.25) is 0 Å². The van der Waals surface area contributed by atoms with Crippen molar-refractivity contribution in [3.8, 4) is 23.0 Å². The molecule has 1 heterocycles. The molecule has 178 valence electrons. The van der Waals surface area contributed by atoms with Crippen LogP contribution in [0.4, 0.5) is 0 Å². The van der Waals surface area contributed by atoms with Gasteiger partial charge in [0.1, 0.15) is 26.2 Å². The fourth-order valence-electron chi connectivity index (χ4n) is 5.55. The fraction of sp³-hybridized carbons (Fsp3) is 0.308. The van der Waals surface area contributed by atoms with Gasteiger partial charge in [-0.1, -0.05) is 42.5 Å². The Bertz CT molecular complexity index is 1230. The van der Waals surface area contributed by atoms with Gasteiger partial charge in [-0.05, 0) is 61.5 Å². The summed E-state index contributed by atoms with van der Waals surface area (Å²) in [5, 5.41) is 24.1. The zero-order valence-electron chi connectivity index (χ0n) is 18.8. The minimum atomic E-state index is -1.82. The average molecular weight is 592 g/mol. The van der Waals surface area contributed by atoms with Gasteiger partial charge >= 0.3 is 0 Å². The molecule has 1 aliphatic carbocycles. The number of aliphatic hydroxyl groups excluding tert-OH is 1. The van der Waals surface area contributed by atoms with E-state index >= 15 is 0 Å². The first-order valence-corrected chi connectivity index (χ1v) is 12.4. The Morgan fingerprint density at radius 3 is 2.12 bits per heavy atom. The van der Waals surface area contributed by atoms with E-state index in [0.717, 1.165) is 5.56 Å². The van der Waals surface area contributed by atoms with E-state index in [-0.39, 0.29) is 12.3 Å². The van der Waals surface area contributed by atoms with Gasteiger partial charge in [-0.3, -0.25) is 0 Å². The van der Waals surface area contributed by atoms with Gasteiger partial charge in [0.05, 0.1) is 33.0 Å². The minimum Gasteiger partial charge on any atom is -0.497 e. The maximum Gasteiger partial charge on any atom is 0.176 e. The summed E-state index contributed by atoms with van der Waals surface area (Å²) in [5.74, 6) is 1.50. The molecule has 0 radical (unpaired) electrons. The quantitative estimate of drug-likeness (QED) is 0.421. The third-order valence-corrected chi connectivity index (χ3v) is 8.46. The highest BCUT2D eigenvalue weighted by molar-refractivity contribution is 9.11. The maximum absolute atomic E-state index is 12.6. The van der Waals surface area contributed by atoms with Crippen LogP contribution in [0.1, 0.15) is 29.0 Å². The number of hydrogen-bond donors (Lipinski definition) is 2. The lowest BCUT2D eigenvalue weighted by molar-refractivity contribution is -0.150. The molecule has 5 rings (SSSR count). The SMILES string of the molecule is COc1ccc([C@]23Oc4c(Br)c(OC)c(Br)c(OC)c4[C@@]2(O)[C@@H](O)C[C@@H]3c2ccccc2)cc1. The largest absolute Gasteiger partial charge is 0.497 e. The van der Waals surface area contributed by atoms with E-state index in [1.807, 2.05) is 54.6 Å². The smallest absolute Gasteiger partial charge is 0.176 e. The molecule has 2 aliphatic rings. The number of fused-ring (bicyclic) bond motifs is 3. The van der Waals surface area contributed by atoms with Crippen molar-refractivity contribution < 1.29 is 29.2 Å². The summed E-state index contributed by atoms with van der Waals surface area (Å²) in [7, 11) is 4.66. The van der Waals surface area contributed by atoms with Crippen LogP contribution in [0.15, 0.2) is 63.5 Å². The second-order valence-electron chi connectivity index (χ2n) is 8.45. The number of aliphatic hydroxyl groups is 2. The van der Waals surface area contributed by atoms with Gasteiger partial charge in [-0.15, -0.1) is 0 Å². The molecule has 0 amide bonds. The second-order valence-corrected chi connectivity index (χ2v) is 10.0. The van der Waals surface area contributed by atoms with Gasteiger partial charge in [-0.2, -0.15) is 0 Å². The standard InChI is InChI=1S/C26H24Br2O6/c1-31-16-11-9-15(10-12-16)26-17(14-7-5-4-6-8-14)13-18(29)25(26,30)19-22(32-2)20(27)24(33-3)21(28)23(19)34-26/h4-12,17-18,29-30H,13H2,1-3H3/t17-,18+,25+,26-/m1/s1. The molecule has 8 heteroatoms. The molecular formula is C26H24Br2O6. The maximum atomic E-state index is 12.6. The Balaban J connectivity index is 1.86. The Kier molecular flexibility index (Phi) is 5.83. The molecule has 1 aliphatic heterocycles. The summed E-state index contributed by atoms with van der Waals surface area (Å²) in [5.41, 5.74) is -1.13. The van der Waals surface area contributed by atoms with E-state index in [9.17, 15) is 10.2 Å². The summed E-state index contributed by atoms with van der Waals surface area (Å²) < 4.78 is 24.5. The molecule has 3 aromatic rings. The lowest BCUT2D eigenvalue weighted by atomic mass is 9.71. The first-order chi connectivity index (χ1) is 16.3. The van der Waals surface area contributed by atoms with Gasteiger partial charge in [-0.25, -0.2) is 0 Å². The van der Waals surface area contributed by atoms with E-state index < -0.39 is 17.3 Å². The molecule has 0 bridgehead atoms. The minimum absolute atomic E-state index is 0.288. The Labute approximate surface area is 214 Å². The molecule has 0 saturated heterocycles. The molecule has 6 nitrogen and oxygen atoms in total. The lowest BCUT2D eigenvalue weighted by Crippen LogP contribution is -2.52. The van der Waals surface area contributed by atoms with E-state index in [1.165, 1.54) is 7.11 Å². The van der Waals surface area contributed by atoms with Crippen molar-refractivity contribution in [2.24, 2.45) is 0 Å². The van der Waals surface area contributed by atoms with Crippen molar-refractivity contribution in [2.75, 3.05) is 21.3 Å². The highest BCUT2D eigenvalue weighted by atomic mass is 79.9. The van der Waals surface area contributed by atoms with Gasteiger partial charge in [0, 0.05) is 5.92 Å². The second kappa shape index (κ2) is 8.45. The van der Waals surface area contributed by atoms with Crippen molar-refractivity contribution in [2.45, 2.75) is 29.6 Å². The zero-order valence-corrected chi connectivity index (χ0v) is 22.0. The molecule has 0 unspecified atom stereocenters. The van der Waals surface area contributed by atoms with Gasteiger partial charge in [0.15, 0.2) is 17.0 Å². The third-order valence-electron chi connectivity index (χ3n) is 7.02. The van der Waals surface area contributed by atoms with Crippen LogP contribution >= 0.6 is 31.9 Å². The Morgan fingerprint density at radius 1 is 0.882 bits per heavy atom. The molecule has 2 N–H and O–H groups in total. The van der Waals surface area contributed by atoms with Crippen molar-refractivity contribution in [3.63, 3.8) is 0 Å². The molecule has 34 heavy (non-hydrogen) atoms. The summed E-state index contributed by atoms with van der Waals surface area (Å²) >= 11 is 7.16. The summed E-state index contributed by atoms with van der Waals surface area (Å²) in [4.78, 5) is 0. The molecular weight excluding hydrogens is 568 g/mol. The van der Waals surface area contributed by atoms with Crippen LogP contribution in [0.5, 0.6) is 23.0 Å². The van der Waals surface area contributed by atoms with Crippen molar-refractivity contribution >= 4 is 31.9 Å². The van der Waals surface area contributed by atoms with E-state index in [2.05, 4.69) is 31.9 Å². The average Bonchev–Trinajstić information content (AvgIpc) is 3.27. The highest BCUT2D eigenvalue weighted by Crippen LogP contribution is 2.71. The highest BCUT2D eigenvalue weighted by Gasteiger charge is 2.74. The van der Waals surface area contributed by atoms with Crippen LogP contribution in [-0.2, 0) is 11.2 Å². The summed E-state index contributed by atoms with van der Waals surface area (Å²) in [6, 6.07) is 17.2. The molecule has 3 aromatic carbocycles. The monoisotopic (exact) mass is 590 g/mol. The normalized spacial score (nSPS) is 27.0. The van der Waals surface area contributed by atoms with Crippen LogP contribution in [0.25, 0.3) is 0 Å². The van der Waals surface area contributed by atoms with Gasteiger partial charge < -0.3 is 29.2 Å². The first-order valence-electron chi connectivity index (χ1n) is 10.8. The van der Waals surface area contributed by atoms with Crippen molar-refractivity contribution in [1.29, 1.82) is 0 Å². The summed E-state index contributed by atoms with van der Waals surface area (Å²) in [6.07, 6.45) is -0.849. The number of benzene rings is 3. The van der Waals surface area contributed by atoms with Crippen molar-refractivity contribution in [3.05, 3.63) is 80.2 Å². The van der Waals surface area contributed by atoms with Crippen LogP contribution in [-0.4, -0.2) is 37.6 Å². The topological polar surface area (TPSA) is 77.4 Å².